The van der Waals surface area contributed by atoms with Gasteiger partial charge in [0.15, 0.2) is 22.9 Å². The van der Waals surface area contributed by atoms with Crippen molar-refractivity contribution < 1.29 is 13.6 Å². The first kappa shape index (κ1) is 17.9. The van der Waals surface area contributed by atoms with Crippen molar-refractivity contribution in [3.63, 3.8) is 0 Å². The number of fused-ring (bicyclic) bond motifs is 1. The van der Waals surface area contributed by atoms with Crippen molar-refractivity contribution in [2.45, 2.75) is 6.54 Å². The number of hydrogen-bond acceptors (Lipinski definition) is 5. The highest BCUT2D eigenvalue weighted by Crippen LogP contribution is 2.35. The van der Waals surface area contributed by atoms with E-state index in [4.69, 9.17) is 13.6 Å². The summed E-state index contributed by atoms with van der Waals surface area (Å²) >= 11 is 0. The number of furan rings is 2. The lowest BCUT2D eigenvalue weighted by Crippen LogP contribution is -2.45. The molecule has 0 unspecified atom stereocenters. The molecule has 0 saturated carbocycles. The van der Waals surface area contributed by atoms with E-state index >= 15 is 0 Å². The molecule has 2 aromatic heterocycles. The minimum absolute atomic E-state index is 0.719. The molecule has 3 heterocycles. The van der Waals surface area contributed by atoms with Crippen molar-refractivity contribution in [2.75, 3.05) is 38.2 Å². The quantitative estimate of drug-likeness (QED) is 0.480. The fourth-order valence-corrected chi connectivity index (χ4v) is 4.02. The van der Waals surface area contributed by atoms with E-state index in [1.807, 2.05) is 18.2 Å². The number of hydrogen-bond donors (Lipinski definition) is 0. The second-order valence-electron chi connectivity index (χ2n) is 7.40. The molecule has 0 bridgehead atoms. The number of methoxy groups -OCH3 is 1. The van der Waals surface area contributed by atoms with Gasteiger partial charge in [0.05, 0.1) is 13.4 Å². The maximum atomic E-state index is 6.00. The van der Waals surface area contributed by atoms with Gasteiger partial charge in [0.2, 0.25) is 0 Å². The second kappa shape index (κ2) is 7.68. The van der Waals surface area contributed by atoms with Gasteiger partial charge in [-0.2, -0.15) is 0 Å². The van der Waals surface area contributed by atoms with E-state index in [0.717, 1.165) is 61.0 Å². The summed E-state index contributed by atoms with van der Waals surface area (Å²) in [7, 11) is 1.69. The minimum atomic E-state index is 0.719. The van der Waals surface area contributed by atoms with E-state index in [0.29, 0.717) is 0 Å². The molecule has 1 fully saturated rings. The molecule has 0 radical (unpaired) electrons. The molecule has 0 aliphatic carbocycles. The second-order valence-corrected chi connectivity index (χ2v) is 7.40. The van der Waals surface area contributed by atoms with Gasteiger partial charge in [0.25, 0.3) is 0 Å². The van der Waals surface area contributed by atoms with Crippen LogP contribution in [0.25, 0.3) is 22.5 Å². The third-order valence-electron chi connectivity index (χ3n) is 5.53. The number of piperazine rings is 1. The predicted molar refractivity (Wildman–Crippen MR) is 114 cm³/mol. The van der Waals surface area contributed by atoms with Crippen LogP contribution in [0.4, 0.5) is 5.69 Å². The number of anilines is 1. The Kier molecular flexibility index (Phi) is 4.74. The van der Waals surface area contributed by atoms with E-state index in [9.17, 15) is 0 Å². The summed E-state index contributed by atoms with van der Waals surface area (Å²) < 4.78 is 17.1. The fourth-order valence-electron chi connectivity index (χ4n) is 4.02. The molecule has 5 heteroatoms. The normalized spacial score (nSPS) is 15.1. The van der Waals surface area contributed by atoms with Crippen molar-refractivity contribution >= 4 is 16.7 Å². The largest absolute Gasteiger partial charge is 0.493 e. The number of para-hydroxylation sites is 1. The van der Waals surface area contributed by atoms with Gasteiger partial charge in [-0.05, 0) is 48.0 Å². The van der Waals surface area contributed by atoms with Crippen LogP contribution in [-0.2, 0) is 6.54 Å². The molecule has 1 saturated heterocycles. The molecule has 4 aromatic rings. The Morgan fingerprint density at radius 2 is 1.72 bits per heavy atom. The average molecular weight is 388 g/mol. The van der Waals surface area contributed by atoms with Crippen LogP contribution in [0.3, 0.4) is 0 Å². The summed E-state index contributed by atoms with van der Waals surface area (Å²) in [6, 6.07) is 20.7. The Balaban J connectivity index is 1.33. The lowest BCUT2D eigenvalue weighted by atomic mass is 10.1. The highest BCUT2D eigenvalue weighted by atomic mass is 16.5. The van der Waals surface area contributed by atoms with Crippen molar-refractivity contribution in [2.24, 2.45) is 0 Å². The van der Waals surface area contributed by atoms with Crippen LogP contribution in [0.1, 0.15) is 5.56 Å². The first-order valence-corrected chi connectivity index (χ1v) is 9.97. The van der Waals surface area contributed by atoms with Crippen LogP contribution >= 0.6 is 0 Å². The van der Waals surface area contributed by atoms with Crippen LogP contribution in [0.15, 0.2) is 75.8 Å². The topological polar surface area (TPSA) is 42.0 Å². The molecular weight excluding hydrogens is 364 g/mol. The highest BCUT2D eigenvalue weighted by molar-refractivity contribution is 5.87. The molecule has 0 N–H and O–H groups in total. The van der Waals surface area contributed by atoms with Gasteiger partial charge in [0, 0.05) is 43.8 Å². The Hall–Kier alpha value is -3.18. The van der Waals surface area contributed by atoms with Crippen LogP contribution < -0.4 is 9.64 Å². The van der Waals surface area contributed by atoms with E-state index in [-0.39, 0.29) is 0 Å². The molecular formula is C24H24N2O3. The van der Waals surface area contributed by atoms with Crippen molar-refractivity contribution in [3.05, 3.63) is 72.5 Å². The zero-order valence-electron chi connectivity index (χ0n) is 16.5. The van der Waals surface area contributed by atoms with Gasteiger partial charge in [0.1, 0.15) is 0 Å². The highest BCUT2D eigenvalue weighted by Gasteiger charge is 2.19. The summed E-state index contributed by atoms with van der Waals surface area (Å²) in [4.78, 5) is 4.94. The summed E-state index contributed by atoms with van der Waals surface area (Å²) in [5.74, 6) is 2.21. The smallest absolute Gasteiger partial charge is 0.176 e. The third kappa shape index (κ3) is 3.61. The number of nitrogens with zero attached hydrogens (tertiary/aromatic N) is 2. The summed E-state index contributed by atoms with van der Waals surface area (Å²) in [5, 5.41) is 1.04. The zero-order chi connectivity index (χ0) is 19.6. The van der Waals surface area contributed by atoms with Gasteiger partial charge in [-0.1, -0.05) is 18.2 Å². The SMILES string of the molecule is COc1cc(CN2CCN(c3ccccc3)CC2)cc2cc(-c3ccco3)oc12. The molecule has 0 spiro atoms. The van der Waals surface area contributed by atoms with Gasteiger partial charge < -0.3 is 18.5 Å². The third-order valence-corrected chi connectivity index (χ3v) is 5.53. The molecule has 29 heavy (non-hydrogen) atoms. The summed E-state index contributed by atoms with van der Waals surface area (Å²) in [6.07, 6.45) is 1.65. The van der Waals surface area contributed by atoms with Crippen LogP contribution in [0.5, 0.6) is 5.75 Å². The Bertz CT molecular complexity index is 1080. The first-order chi connectivity index (χ1) is 14.3. The molecule has 5 rings (SSSR count). The van der Waals surface area contributed by atoms with Gasteiger partial charge in [-0.25, -0.2) is 0 Å². The maximum Gasteiger partial charge on any atom is 0.176 e. The zero-order valence-corrected chi connectivity index (χ0v) is 16.5. The standard InChI is InChI=1S/C24H24N2O3/c1-27-23-15-18(14-19-16-22(29-24(19)23)21-8-5-13-28-21)17-25-9-11-26(12-10-25)20-6-3-2-4-7-20/h2-8,13-16H,9-12,17H2,1H3. The van der Waals surface area contributed by atoms with Crippen molar-refractivity contribution in [1.29, 1.82) is 0 Å². The molecule has 2 aromatic carbocycles. The Morgan fingerprint density at radius 1 is 0.897 bits per heavy atom. The van der Waals surface area contributed by atoms with Crippen molar-refractivity contribution in [3.8, 4) is 17.3 Å². The van der Waals surface area contributed by atoms with Crippen LogP contribution in [0, 0.1) is 0 Å². The molecule has 0 atom stereocenters. The van der Waals surface area contributed by atoms with Crippen LogP contribution in [0.2, 0.25) is 0 Å². The monoisotopic (exact) mass is 388 g/mol. The van der Waals surface area contributed by atoms with E-state index < -0.39 is 0 Å². The summed E-state index contributed by atoms with van der Waals surface area (Å²) in [5.41, 5.74) is 3.30. The lowest BCUT2D eigenvalue weighted by molar-refractivity contribution is 0.249. The van der Waals surface area contributed by atoms with Crippen molar-refractivity contribution in [1.82, 2.24) is 4.90 Å². The molecule has 0 amide bonds. The molecule has 1 aliphatic rings. The lowest BCUT2D eigenvalue weighted by Gasteiger charge is -2.36. The minimum Gasteiger partial charge on any atom is -0.493 e. The van der Waals surface area contributed by atoms with E-state index in [1.54, 1.807) is 13.4 Å². The first-order valence-electron chi connectivity index (χ1n) is 9.97. The average Bonchev–Trinajstić information content (AvgIpc) is 3.44. The molecule has 1 aliphatic heterocycles. The van der Waals surface area contributed by atoms with Gasteiger partial charge >= 0.3 is 0 Å². The van der Waals surface area contributed by atoms with Crippen LogP contribution in [-0.4, -0.2) is 38.2 Å². The van der Waals surface area contributed by atoms with E-state index in [1.165, 1.54) is 11.3 Å². The molecule has 5 nitrogen and oxygen atoms in total. The maximum absolute atomic E-state index is 6.00. The predicted octanol–water partition coefficient (Wildman–Crippen LogP) is 5.02. The van der Waals surface area contributed by atoms with Gasteiger partial charge in [-0.3, -0.25) is 4.90 Å². The fraction of sp³-hybridized carbons (Fsp3) is 0.250. The van der Waals surface area contributed by atoms with E-state index in [2.05, 4.69) is 52.3 Å². The Morgan fingerprint density at radius 3 is 2.45 bits per heavy atom. The summed E-state index contributed by atoms with van der Waals surface area (Å²) in [6.45, 7) is 5.06. The number of rotatable bonds is 5. The van der Waals surface area contributed by atoms with Gasteiger partial charge in [-0.15, -0.1) is 0 Å². The number of ether oxygens (including phenoxy) is 1. The Labute approximate surface area is 170 Å². The molecule has 148 valence electrons. The number of benzene rings is 2.